The average Bonchev–Trinajstić information content (AvgIpc) is 2.31. The molecule has 1 unspecified atom stereocenters. The average molecular weight is 254 g/mol. The standard InChI is InChI=1S/C14H26N2O2/c1-11(2)13(17)15-9-7-5-6-8-10-16-14(18)12(3)4/h13,15,17H,1,3,5-10H2,2,4H3,(H,16,18). The highest BCUT2D eigenvalue weighted by Gasteiger charge is 2.02. The van der Waals surface area contributed by atoms with E-state index in [2.05, 4.69) is 23.8 Å². The molecule has 4 nitrogen and oxygen atoms in total. The summed E-state index contributed by atoms with van der Waals surface area (Å²) >= 11 is 0. The Bertz CT molecular complexity index is 288. The molecule has 1 atom stereocenters. The van der Waals surface area contributed by atoms with Crippen molar-refractivity contribution < 1.29 is 9.90 Å². The van der Waals surface area contributed by atoms with Gasteiger partial charge in [0.15, 0.2) is 0 Å². The number of carbonyl (C=O) groups is 1. The van der Waals surface area contributed by atoms with E-state index < -0.39 is 6.23 Å². The van der Waals surface area contributed by atoms with Crippen LogP contribution in [0, 0.1) is 0 Å². The maximum atomic E-state index is 11.2. The number of nitrogens with one attached hydrogen (secondary N) is 2. The number of rotatable bonds is 10. The predicted molar refractivity (Wildman–Crippen MR) is 75.1 cm³/mol. The maximum absolute atomic E-state index is 11.2. The van der Waals surface area contributed by atoms with Gasteiger partial charge in [-0.2, -0.15) is 0 Å². The van der Waals surface area contributed by atoms with Gasteiger partial charge in [-0.15, -0.1) is 0 Å². The van der Waals surface area contributed by atoms with Crippen LogP contribution in [0.5, 0.6) is 0 Å². The molecule has 3 N–H and O–H groups in total. The quantitative estimate of drug-likeness (QED) is 0.241. The zero-order chi connectivity index (χ0) is 14.0. The first-order valence-electron chi connectivity index (χ1n) is 6.45. The van der Waals surface area contributed by atoms with Crippen molar-refractivity contribution in [3.05, 3.63) is 24.3 Å². The molecule has 0 heterocycles. The summed E-state index contributed by atoms with van der Waals surface area (Å²) in [5.74, 6) is -0.0683. The topological polar surface area (TPSA) is 61.4 Å². The van der Waals surface area contributed by atoms with E-state index in [1.807, 2.05) is 0 Å². The third kappa shape index (κ3) is 8.96. The van der Waals surface area contributed by atoms with E-state index in [9.17, 15) is 9.90 Å². The van der Waals surface area contributed by atoms with Gasteiger partial charge in [0, 0.05) is 12.1 Å². The molecule has 0 aromatic heterocycles. The van der Waals surface area contributed by atoms with Crippen molar-refractivity contribution in [1.29, 1.82) is 0 Å². The number of amides is 1. The Morgan fingerprint density at radius 2 is 1.67 bits per heavy atom. The van der Waals surface area contributed by atoms with Crippen molar-refractivity contribution in [3.63, 3.8) is 0 Å². The van der Waals surface area contributed by atoms with Crippen LogP contribution in [0.2, 0.25) is 0 Å². The molecule has 0 aromatic rings. The third-order valence-electron chi connectivity index (χ3n) is 2.58. The largest absolute Gasteiger partial charge is 0.375 e. The molecule has 0 saturated carbocycles. The molecule has 18 heavy (non-hydrogen) atoms. The van der Waals surface area contributed by atoms with Crippen LogP contribution in [0.25, 0.3) is 0 Å². The second kappa shape index (κ2) is 9.85. The van der Waals surface area contributed by atoms with Gasteiger partial charge in [-0.05, 0) is 38.8 Å². The van der Waals surface area contributed by atoms with E-state index in [-0.39, 0.29) is 5.91 Å². The summed E-state index contributed by atoms with van der Waals surface area (Å²) in [5.41, 5.74) is 1.28. The van der Waals surface area contributed by atoms with Gasteiger partial charge in [0.25, 0.3) is 0 Å². The Hall–Kier alpha value is -1.13. The molecule has 1 amide bonds. The summed E-state index contributed by atoms with van der Waals surface area (Å²) in [6, 6.07) is 0. The SMILES string of the molecule is C=C(C)C(=O)NCCCCCCNC(O)C(=C)C. The second-order valence-electron chi connectivity index (χ2n) is 4.65. The van der Waals surface area contributed by atoms with Crippen molar-refractivity contribution in [2.45, 2.75) is 45.8 Å². The molecular formula is C14H26N2O2. The smallest absolute Gasteiger partial charge is 0.246 e. The van der Waals surface area contributed by atoms with E-state index >= 15 is 0 Å². The van der Waals surface area contributed by atoms with E-state index in [4.69, 9.17) is 0 Å². The predicted octanol–water partition coefficient (Wildman–Crippen LogP) is 1.72. The molecule has 0 bridgehead atoms. The fourth-order valence-electron chi connectivity index (χ4n) is 1.37. The monoisotopic (exact) mass is 254 g/mol. The van der Waals surface area contributed by atoms with E-state index in [0.29, 0.717) is 12.1 Å². The van der Waals surface area contributed by atoms with E-state index in [1.165, 1.54) is 0 Å². The van der Waals surface area contributed by atoms with Gasteiger partial charge in [-0.25, -0.2) is 0 Å². The van der Waals surface area contributed by atoms with Crippen molar-refractivity contribution >= 4 is 5.91 Å². The minimum atomic E-state index is -0.597. The van der Waals surface area contributed by atoms with Crippen molar-refractivity contribution in [2.24, 2.45) is 0 Å². The fourth-order valence-corrected chi connectivity index (χ4v) is 1.37. The van der Waals surface area contributed by atoms with Crippen LogP contribution in [0.1, 0.15) is 39.5 Å². The third-order valence-corrected chi connectivity index (χ3v) is 2.58. The molecule has 0 aromatic carbocycles. The van der Waals surface area contributed by atoms with Crippen molar-refractivity contribution in [3.8, 4) is 0 Å². The van der Waals surface area contributed by atoms with Crippen LogP contribution >= 0.6 is 0 Å². The molecule has 4 heteroatoms. The van der Waals surface area contributed by atoms with Crippen LogP contribution in [-0.4, -0.2) is 30.3 Å². The van der Waals surface area contributed by atoms with Gasteiger partial charge in [0.05, 0.1) is 0 Å². The lowest BCUT2D eigenvalue weighted by atomic mass is 10.2. The Kier molecular flexibility index (Phi) is 9.24. The summed E-state index contributed by atoms with van der Waals surface area (Å²) in [6.07, 6.45) is 3.54. The Labute approximate surface area is 110 Å². The number of aliphatic hydroxyl groups excluding tert-OH is 1. The molecule has 0 aliphatic rings. The lowest BCUT2D eigenvalue weighted by Crippen LogP contribution is -2.30. The summed E-state index contributed by atoms with van der Waals surface area (Å²) < 4.78 is 0. The Morgan fingerprint density at radius 3 is 2.17 bits per heavy atom. The molecule has 0 saturated heterocycles. The number of carbonyl (C=O) groups excluding carboxylic acids is 1. The lowest BCUT2D eigenvalue weighted by molar-refractivity contribution is -0.117. The zero-order valence-electron chi connectivity index (χ0n) is 11.6. The molecule has 0 aliphatic carbocycles. The van der Waals surface area contributed by atoms with E-state index in [1.54, 1.807) is 13.8 Å². The molecule has 0 rings (SSSR count). The normalized spacial score (nSPS) is 11.9. The van der Waals surface area contributed by atoms with Gasteiger partial charge in [-0.3, -0.25) is 10.1 Å². The molecule has 0 radical (unpaired) electrons. The van der Waals surface area contributed by atoms with Crippen LogP contribution in [0.4, 0.5) is 0 Å². The van der Waals surface area contributed by atoms with Crippen LogP contribution in [-0.2, 0) is 4.79 Å². The minimum absolute atomic E-state index is 0.0683. The highest BCUT2D eigenvalue weighted by atomic mass is 16.3. The summed E-state index contributed by atoms with van der Waals surface area (Å²) in [4.78, 5) is 11.2. The van der Waals surface area contributed by atoms with Gasteiger partial charge in [0.1, 0.15) is 6.23 Å². The van der Waals surface area contributed by atoms with Crippen molar-refractivity contribution in [2.75, 3.05) is 13.1 Å². The highest BCUT2D eigenvalue weighted by molar-refractivity contribution is 5.91. The van der Waals surface area contributed by atoms with Gasteiger partial charge < -0.3 is 10.4 Å². The van der Waals surface area contributed by atoms with E-state index in [0.717, 1.165) is 37.8 Å². The van der Waals surface area contributed by atoms with Crippen LogP contribution in [0.3, 0.4) is 0 Å². The van der Waals surface area contributed by atoms with Crippen LogP contribution in [0.15, 0.2) is 24.3 Å². The highest BCUT2D eigenvalue weighted by Crippen LogP contribution is 2.00. The second-order valence-corrected chi connectivity index (χ2v) is 4.65. The maximum Gasteiger partial charge on any atom is 0.246 e. The first kappa shape index (κ1) is 16.9. The van der Waals surface area contributed by atoms with Crippen LogP contribution < -0.4 is 10.6 Å². The molecular weight excluding hydrogens is 228 g/mol. The number of unbranched alkanes of at least 4 members (excludes halogenated alkanes) is 3. The first-order valence-corrected chi connectivity index (χ1v) is 6.45. The lowest BCUT2D eigenvalue weighted by Gasteiger charge is -2.12. The Balaban J connectivity index is 3.29. The van der Waals surface area contributed by atoms with Gasteiger partial charge in [0.2, 0.25) is 5.91 Å². The summed E-state index contributed by atoms with van der Waals surface area (Å²) in [6.45, 7) is 12.2. The molecule has 104 valence electrons. The summed E-state index contributed by atoms with van der Waals surface area (Å²) in [5, 5.41) is 15.2. The Morgan fingerprint density at radius 1 is 1.11 bits per heavy atom. The summed E-state index contributed by atoms with van der Waals surface area (Å²) in [7, 11) is 0. The number of hydrogen-bond donors (Lipinski definition) is 3. The zero-order valence-corrected chi connectivity index (χ0v) is 11.6. The molecule has 0 spiro atoms. The minimum Gasteiger partial charge on any atom is -0.375 e. The number of aliphatic hydroxyl groups is 1. The fraction of sp³-hybridized carbons (Fsp3) is 0.643. The first-order chi connectivity index (χ1) is 8.45. The van der Waals surface area contributed by atoms with Gasteiger partial charge in [-0.1, -0.05) is 26.0 Å². The van der Waals surface area contributed by atoms with Gasteiger partial charge >= 0.3 is 0 Å². The molecule has 0 aliphatic heterocycles. The van der Waals surface area contributed by atoms with Crippen molar-refractivity contribution in [1.82, 2.24) is 10.6 Å². The number of hydrogen-bond acceptors (Lipinski definition) is 3. The molecule has 0 fully saturated rings.